The summed E-state index contributed by atoms with van der Waals surface area (Å²) in [5.41, 5.74) is 4.41. The summed E-state index contributed by atoms with van der Waals surface area (Å²) >= 11 is 12.3. The maximum atomic E-state index is 6.29. The molecule has 4 rings (SSSR count). The van der Waals surface area contributed by atoms with E-state index in [2.05, 4.69) is 40.7 Å². The largest absolute Gasteiger partial charge is 0.299 e. The van der Waals surface area contributed by atoms with Crippen molar-refractivity contribution < 1.29 is 0 Å². The van der Waals surface area contributed by atoms with Crippen molar-refractivity contribution in [2.24, 2.45) is 4.99 Å². The zero-order valence-electron chi connectivity index (χ0n) is 12.7. The first-order valence-corrected chi connectivity index (χ1v) is 8.43. The number of rotatable bonds is 2. The highest BCUT2D eigenvalue weighted by Gasteiger charge is 2.42. The van der Waals surface area contributed by atoms with E-state index in [1.165, 1.54) is 11.1 Å². The fraction of sp³-hybridized carbons (Fsp3) is 0.278. The van der Waals surface area contributed by atoms with E-state index in [-0.39, 0.29) is 11.7 Å². The number of fused-ring (bicyclic) bond motifs is 2. The molecule has 1 spiro atoms. The Morgan fingerprint density at radius 2 is 2.09 bits per heavy atom. The van der Waals surface area contributed by atoms with E-state index >= 15 is 0 Å². The molecule has 2 aliphatic rings. The van der Waals surface area contributed by atoms with Crippen molar-refractivity contribution in [1.29, 1.82) is 0 Å². The molecular formula is C18H17Cl2N3. The van der Waals surface area contributed by atoms with Crippen LogP contribution in [0.1, 0.15) is 16.7 Å². The maximum Gasteiger partial charge on any atom is 0.0953 e. The topological polar surface area (TPSA) is 36.4 Å². The van der Waals surface area contributed by atoms with Crippen LogP contribution >= 0.6 is 23.2 Å². The average molecular weight is 346 g/mol. The number of benzene rings is 2. The van der Waals surface area contributed by atoms with Gasteiger partial charge in [-0.2, -0.15) is 0 Å². The minimum atomic E-state index is -0.217. The van der Waals surface area contributed by atoms with Crippen LogP contribution < -0.4 is 10.6 Å². The monoisotopic (exact) mass is 345 g/mol. The van der Waals surface area contributed by atoms with Crippen molar-refractivity contribution >= 4 is 35.1 Å². The average Bonchev–Trinajstić information content (AvgIpc) is 3.08. The summed E-state index contributed by atoms with van der Waals surface area (Å²) in [5.74, 6) is 0. The van der Waals surface area contributed by atoms with Crippen LogP contribution in [0.5, 0.6) is 0 Å². The van der Waals surface area contributed by atoms with Crippen LogP contribution in [0, 0.1) is 6.92 Å². The highest BCUT2D eigenvalue weighted by molar-refractivity contribution is 6.35. The Morgan fingerprint density at radius 3 is 2.91 bits per heavy atom. The maximum absolute atomic E-state index is 6.29. The summed E-state index contributed by atoms with van der Waals surface area (Å²) in [5, 5.41) is 8.60. The van der Waals surface area contributed by atoms with Crippen LogP contribution in [0.15, 0.2) is 41.4 Å². The lowest BCUT2D eigenvalue weighted by atomic mass is 9.92. The second-order valence-corrected chi connectivity index (χ2v) is 7.11. The molecule has 1 saturated heterocycles. The van der Waals surface area contributed by atoms with Gasteiger partial charge in [0.05, 0.1) is 17.4 Å². The zero-order valence-corrected chi connectivity index (χ0v) is 14.2. The van der Waals surface area contributed by atoms with Crippen LogP contribution in [-0.4, -0.2) is 18.9 Å². The molecule has 0 amide bonds. The quantitative estimate of drug-likeness (QED) is 0.863. The number of nitrogens with zero attached hydrogens (tertiary/aromatic N) is 1. The summed E-state index contributed by atoms with van der Waals surface area (Å²) in [6, 6.07) is 12.1. The summed E-state index contributed by atoms with van der Waals surface area (Å²) < 4.78 is 0. The van der Waals surface area contributed by atoms with Crippen molar-refractivity contribution in [3.05, 3.63) is 63.1 Å². The molecular weight excluding hydrogens is 329 g/mol. The first kappa shape index (κ1) is 15.2. The summed E-state index contributed by atoms with van der Waals surface area (Å²) in [7, 11) is 0. The van der Waals surface area contributed by atoms with E-state index in [0.29, 0.717) is 10.0 Å². The van der Waals surface area contributed by atoms with Gasteiger partial charge in [0.15, 0.2) is 0 Å². The fourth-order valence-corrected chi connectivity index (χ4v) is 3.84. The van der Waals surface area contributed by atoms with E-state index in [1.54, 1.807) is 6.07 Å². The number of aryl methyl sites for hydroxylation is 1. The van der Waals surface area contributed by atoms with Crippen LogP contribution in [0.25, 0.3) is 0 Å². The predicted octanol–water partition coefficient (Wildman–Crippen LogP) is 3.97. The molecule has 2 atom stereocenters. The van der Waals surface area contributed by atoms with Gasteiger partial charge in [-0.25, -0.2) is 0 Å². The van der Waals surface area contributed by atoms with Crippen LogP contribution in [0.4, 0.5) is 5.69 Å². The molecule has 2 aromatic carbocycles. The molecule has 118 valence electrons. The van der Waals surface area contributed by atoms with Crippen LogP contribution in [0.2, 0.25) is 10.0 Å². The Bertz CT molecular complexity index is 803. The van der Waals surface area contributed by atoms with Crippen LogP contribution in [-0.2, 0) is 12.0 Å². The minimum Gasteiger partial charge on any atom is -0.299 e. The first-order chi connectivity index (χ1) is 11.1. The lowest BCUT2D eigenvalue weighted by Crippen LogP contribution is -2.43. The Morgan fingerprint density at radius 1 is 1.22 bits per heavy atom. The Hall–Kier alpha value is -1.39. The fourth-order valence-electron chi connectivity index (χ4n) is 3.35. The summed E-state index contributed by atoms with van der Waals surface area (Å²) in [6.45, 7) is 2.93. The van der Waals surface area contributed by atoms with E-state index in [1.807, 2.05) is 18.3 Å². The third kappa shape index (κ3) is 2.68. The third-order valence-corrected chi connectivity index (χ3v) is 5.14. The molecule has 3 nitrogen and oxygen atoms in total. The molecule has 2 aromatic rings. The van der Waals surface area contributed by atoms with Gasteiger partial charge in [0.25, 0.3) is 0 Å². The molecule has 5 heteroatoms. The molecule has 0 bridgehead atoms. The SMILES string of the molecule is Cc1ccc2c(c1)C1(C=N2)CN[C@@H](Cc2ccc(Cl)cc2Cl)N1. The molecule has 0 aromatic heterocycles. The number of hydrogen-bond acceptors (Lipinski definition) is 3. The van der Waals surface area contributed by atoms with Crippen molar-refractivity contribution in [2.75, 3.05) is 6.54 Å². The molecule has 0 aliphatic carbocycles. The van der Waals surface area contributed by atoms with E-state index in [0.717, 1.165) is 24.2 Å². The van der Waals surface area contributed by atoms with Gasteiger partial charge in [-0.3, -0.25) is 15.6 Å². The van der Waals surface area contributed by atoms with Gasteiger partial charge in [0.2, 0.25) is 0 Å². The standard InChI is InChI=1S/C18H17Cl2N3/c1-11-2-5-16-14(6-11)18(9-21-16)10-22-17(23-18)7-12-3-4-13(19)8-15(12)20/h2-6,8-9,17,22-23H,7,10H2,1H3/t17-,18?/m1/s1. The Labute approximate surface area is 145 Å². The number of aliphatic imine (C=N–C) groups is 1. The lowest BCUT2D eigenvalue weighted by molar-refractivity contribution is 0.494. The molecule has 0 saturated carbocycles. The molecule has 2 N–H and O–H groups in total. The van der Waals surface area contributed by atoms with Gasteiger partial charge in [0.1, 0.15) is 0 Å². The lowest BCUT2D eigenvalue weighted by Gasteiger charge is -2.23. The first-order valence-electron chi connectivity index (χ1n) is 7.67. The Balaban J connectivity index is 1.57. The molecule has 1 fully saturated rings. The van der Waals surface area contributed by atoms with Gasteiger partial charge < -0.3 is 0 Å². The normalized spacial score (nSPS) is 25.3. The smallest absolute Gasteiger partial charge is 0.0953 e. The highest BCUT2D eigenvalue weighted by Crippen LogP contribution is 2.38. The van der Waals surface area contributed by atoms with E-state index in [9.17, 15) is 0 Å². The van der Waals surface area contributed by atoms with Crippen molar-refractivity contribution in [3.63, 3.8) is 0 Å². The number of nitrogens with one attached hydrogen (secondary N) is 2. The molecule has 1 unspecified atom stereocenters. The third-order valence-electron chi connectivity index (χ3n) is 4.55. The van der Waals surface area contributed by atoms with E-state index < -0.39 is 0 Å². The predicted molar refractivity (Wildman–Crippen MR) is 96.1 cm³/mol. The van der Waals surface area contributed by atoms with Crippen molar-refractivity contribution in [1.82, 2.24) is 10.6 Å². The van der Waals surface area contributed by atoms with Crippen LogP contribution in [0.3, 0.4) is 0 Å². The highest BCUT2D eigenvalue weighted by atomic mass is 35.5. The zero-order chi connectivity index (χ0) is 16.0. The van der Waals surface area contributed by atoms with E-state index in [4.69, 9.17) is 23.2 Å². The second-order valence-electron chi connectivity index (χ2n) is 6.27. The Kier molecular flexibility index (Phi) is 3.69. The van der Waals surface area contributed by atoms with Gasteiger partial charge >= 0.3 is 0 Å². The minimum absolute atomic E-state index is 0.145. The molecule has 23 heavy (non-hydrogen) atoms. The van der Waals surface area contributed by atoms with Crippen molar-refractivity contribution in [2.45, 2.75) is 25.0 Å². The van der Waals surface area contributed by atoms with Gasteiger partial charge in [-0.1, -0.05) is 47.0 Å². The number of hydrogen-bond donors (Lipinski definition) is 2. The van der Waals surface area contributed by atoms with Gasteiger partial charge in [-0.05, 0) is 30.7 Å². The second kappa shape index (κ2) is 5.60. The molecule has 2 aliphatic heterocycles. The summed E-state index contributed by atoms with van der Waals surface area (Å²) in [4.78, 5) is 4.58. The number of halogens is 2. The summed E-state index contributed by atoms with van der Waals surface area (Å²) in [6.07, 6.45) is 2.96. The van der Waals surface area contributed by atoms with Crippen molar-refractivity contribution in [3.8, 4) is 0 Å². The van der Waals surface area contributed by atoms with Gasteiger partial charge in [0, 0.05) is 34.8 Å². The molecule has 2 heterocycles. The molecule has 0 radical (unpaired) electrons. The van der Waals surface area contributed by atoms with Gasteiger partial charge in [-0.15, -0.1) is 0 Å².